The van der Waals surface area contributed by atoms with Gasteiger partial charge in [-0.1, -0.05) is 66.6 Å². The van der Waals surface area contributed by atoms with Crippen LogP contribution in [0.15, 0.2) is 84.0 Å². The smallest absolute Gasteiger partial charge is 0.119 e. The van der Waals surface area contributed by atoms with E-state index in [2.05, 4.69) is 29.1 Å². The Bertz CT molecular complexity index is 1000. The van der Waals surface area contributed by atoms with Gasteiger partial charge in [-0.3, -0.25) is 0 Å². The molecule has 0 atom stereocenters. The average Bonchev–Trinajstić information content (AvgIpc) is 2.77. The Balaban J connectivity index is 2.03. The summed E-state index contributed by atoms with van der Waals surface area (Å²) in [4.78, 5) is 2.72. The normalized spacial score (nSPS) is 11.3. The summed E-state index contributed by atoms with van der Waals surface area (Å²) in [5.74, 6) is 0.972. The molecule has 0 fully saturated rings. The van der Waals surface area contributed by atoms with Crippen LogP contribution in [-0.2, 0) is 0 Å². The highest BCUT2D eigenvalue weighted by molar-refractivity contribution is 5.98. The molecule has 0 spiro atoms. The van der Waals surface area contributed by atoms with Gasteiger partial charge in [0.05, 0.1) is 13.2 Å². The monoisotopic (exact) mass is 385 g/mol. The second-order valence-corrected chi connectivity index (χ2v) is 6.45. The van der Waals surface area contributed by atoms with E-state index in [9.17, 15) is 5.11 Å². The predicted molar refractivity (Wildman–Crippen MR) is 117 cm³/mol. The molecule has 0 aliphatic carbocycles. The van der Waals surface area contributed by atoms with Crippen molar-refractivity contribution in [2.24, 2.45) is 5.11 Å². The molecule has 29 heavy (non-hydrogen) atoms. The third-order valence-electron chi connectivity index (χ3n) is 4.60. The molecule has 0 aliphatic heterocycles. The Morgan fingerprint density at radius 2 is 1.52 bits per heavy atom. The Kier molecular flexibility index (Phi) is 6.93. The summed E-state index contributed by atoms with van der Waals surface area (Å²) in [6.45, 7) is 2.79. The van der Waals surface area contributed by atoms with Crippen LogP contribution in [0.2, 0.25) is 0 Å². The summed E-state index contributed by atoms with van der Waals surface area (Å²) in [6.07, 6.45) is 0.866. The zero-order chi connectivity index (χ0) is 20.5. The van der Waals surface area contributed by atoms with Crippen molar-refractivity contribution in [2.45, 2.75) is 13.3 Å². The number of azide groups is 1. The van der Waals surface area contributed by atoms with Crippen LogP contribution < -0.4 is 4.74 Å². The SMILES string of the molecule is CC/C(=C(/c1ccc(O)cc1)c1ccc(OCCN=[N+]=[N-])cc1)c1ccccc1. The van der Waals surface area contributed by atoms with Gasteiger partial charge in [0.1, 0.15) is 11.5 Å². The Morgan fingerprint density at radius 1 is 0.897 bits per heavy atom. The van der Waals surface area contributed by atoms with Crippen molar-refractivity contribution >= 4 is 11.1 Å². The molecule has 0 aliphatic rings. The van der Waals surface area contributed by atoms with E-state index in [1.165, 1.54) is 11.1 Å². The number of phenolic OH excluding ortho intramolecular Hbond substituents is 1. The number of rotatable bonds is 8. The third kappa shape index (κ3) is 5.18. The first-order chi connectivity index (χ1) is 14.2. The van der Waals surface area contributed by atoms with E-state index in [-0.39, 0.29) is 5.75 Å². The first-order valence-corrected chi connectivity index (χ1v) is 9.55. The van der Waals surface area contributed by atoms with E-state index in [0.717, 1.165) is 28.9 Å². The van der Waals surface area contributed by atoms with Gasteiger partial charge in [0.15, 0.2) is 0 Å². The number of hydrogen-bond donors (Lipinski definition) is 1. The summed E-state index contributed by atoms with van der Waals surface area (Å²) in [6, 6.07) is 25.5. The summed E-state index contributed by atoms with van der Waals surface area (Å²) >= 11 is 0. The number of benzene rings is 3. The van der Waals surface area contributed by atoms with Gasteiger partial charge in [0.25, 0.3) is 0 Å². The van der Waals surface area contributed by atoms with Gasteiger partial charge in [0.2, 0.25) is 0 Å². The molecule has 0 saturated carbocycles. The standard InChI is InChI=1S/C24H23N3O2/c1-2-23(18-6-4-3-5-7-18)24(19-8-12-21(28)13-9-19)20-10-14-22(15-11-20)29-17-16-26-27-25/h3-15,28H,2,16-17H2,1H3/b24-23+. The van der Waals surface area contributed by atoms with Crippen LogP contribution in [0.3, 0.4) is 0 Å². The van der Waals surface area contributed by atoms with Crippen molar-refractivity contribution in [1.82, 2.24) is 0 Å². The molecular weight excluding hydrogens is 362 g/mol. The number of phenols is 1. The number of allylic oxidation sites excluding steroid dienone is 1. The Hall–Kier alpha value is -3.69. The van der Waals surface area contributed by atoms with Crippen LogP contribution >= 0.6 is 0 Å². The van der Waals surface area contributed by atoms with Gasteiger partial charge in [-0.15, -0.1) is 0 Å². The van der Waals surface area contributed by atoms with Crippen molar-refractivity contribution in [3.8, 4) is 11.5 Å². The minimum atomic E-state index is 0.245. The molecule has 5 heteroatoms. The molecule has 3 aromatic rings. The highest BCUT2D eigenvalue weighted by Gasteiger charge is 2.13. The number of ether oxygens (including phenoxy) is 1. The van der Waals surface area contributed by atoms with Crippen molar-refractivity contribution in [3.05, 3.63) is 106 Å². The number of aromatic hydroxyl groups is 1. The fourth-order valence-corrected chi connectivity index (χ4v) is 3.27. The van der Waals surface area contributed by atoms with Gasteiger partial charge >= 0.3 is 0 Å². The largest absolute Gasteiger partial charge is 0.508 e. The van der Waals surface area contributed by atoms with Gasteiger partial charge in [-0.25, -0.2) is 0 Å². The second-order valence-electron chi connectivity index (χ2n) is 6.45. The molecule has 0 heterocycles. The maximum Gasteiger partial charge on any atom is 0.119 e. The Morgan fingerprint density at radius 3 is 2.10 bits per heavy atom. The second kappa shape index (κ2) is 10.0. The topological polar surface area (TPSA) is 78.2 Å². The molecule has 3 aromatic carbocycles. The average molecular weight is 385 g/mol. The number of nitrogens with zero attached hydrogens (tertiary/aromatic N) is 3. The molecule has 1 N–H and O–H groups in total. The lowest BCUT2D eigenvalue weighted by Gasteiger charge is -2.17. The van der Waals surface area contributed by atoms with Crippen LogP contribution in [0.1, 0.15) is 30.0 Å². The number of hydrogen-bond acceptors (Lipinski definition) is 3. The summed E-state index contributed by atoms with van der Waals surface area (Å²) < 4.78 is 5.62. The highest BCUT2D eigenvalue weighted by Crippen LogP contribution is 2.35. The van der Waals surface area contributed by atoms with E-state index >= 15 is 0 Å². The van der Waals surface area contributed by atoms with Crippen LogP contribution in [0.25, 0.3) is 21.6 Å². The first kappa shape index (κ1) is 20.1. The van der Waals surface area contributed by atoms with Crippen LogP contribution in [-0.4, -0.2) is 18.3 Å². The molecule has 3 rings (SSSR count). The van der Waals surface area contributed by atoms with Crippen LogP contribution in [0.4, 0.5) is 0 Å². The summed E-state index contributed by atoms with van der Waals surface area (Å²) in [7, 11) is 0. The minimum absolute atomic E-state index is 0.245. The van der Waals surface area contributed by atoms with Crippen molar-refractivity contribution in [1.29, 1.82) is 0 Å². The van der Waals surface area contributed by atoms with Crippen molar-refractivity contribution in [2.75, 3.05) is 13.2 Å². The molecular formula is C24H23N3O2. The fraction of sp³-hybridized carbons (Fsp3) is 0.167. The molecule has 0 bridgehead atoms. The zero-order valence-corrected chi connectivity index (χ0v) is 16.3. The quantitative estimate of drug-likeness (QED) is 0.159. The van der Waals surface area contributed by atoms with Crippen LogP contribution in [0, 0.1) is 0 Å². The first-order valence-electron chi connectivity index (χ1n) is 9.55. The van der Waals surface area contributed by atoms with Gasteiger partial charge in [0, 0.05) is 4.91 Å². The van der Waals surface area contributed by atoms with Crippen molar-refractivity contribution < 1.29 is 9.84 Å². The molecule has 0 aromatic heterocycles. The molecule has 0 unspecified atom stereocenters. The minimum Gasteiger partial charge on any atom is -0.508 e. The van der Waals surface area contributed by atoms with E-state index in [1.54, 1.807) is 12.1 Å². The van der Waals surface area contributed by atoms with Gasteiger partial charge < -0.3 is 9.84 Å². The van der Waals surface area contributed by atoms with Crippen molar-refractivity contribution in [3.63, 3.8) is 0 Å². The molecule has 146 valence electrons. The fourth-order valence-electron chi connectivity index (χ4n) is 3.27. The lowest BCUT2D eigenvalue weighted by Crippen LogP contribution is -2.00. The third-order valence-corrected chi connectivity index (χ3v) is 4.60. The zero-order valence-electron chi connectivity index (χ0n) is 16.3. The molecule has 5 nitrogen and oxygen atoms in total. The molecule has 0 radical (unpaired) electrons. The lowest BCUT2D eigenvalue weighted by molar-refractivity contribution is 0.328. The molecule has 0 amide bonds. The van der Waals surface area contributed by atoms with Gasteiger partial charge in [-0.2, -0.15) is 0 Å². The predicted octanol–water partition coefficient (Wildman–Crippen LogP) is 6.45. The Labute approximate surface area is 170 Å². The highest BCUT2D eigenvalue weighted by atomic mass is 16.5. The maximum atomic E-state index is 9.72. The van der Waals surface area contributed by atoms with E-state index in [1.807, 2.05) is 54.6 Å². The maximum absolute atomic E-state index is 9.72. The van der Waals surface area contributed by atoms with E-state index in [0.29, 0.717) is 13.2 Å². The van der Waals surface area contributed by atoms with E-state index in [4.69, 9.17) is 10.3 Å². The molecule has 0 saturated heterocycles. The lowest BCUT2D eigenvalue weighted by atomic mass is 9.88. The van der Waals surface area contributed by atoms with Crippen LogP contribution in [0.5, 0.6) is 11.5 Å². The summed E-state index contributed by atoms with van der Waals surface area (Å²) in [5.41, 5.74) is 14.0. The van der Waals surface area contributed by atoms with E-state index < -0.39 is 0 Å². The van der Waals surface area contributed by atoms with Gasteiger partial charge in [-0.05, 0) is 64.1 Å². The summed E-state index contributed by atoms with van der Waals surface area (Å²) in [5, 5.41) is 13.2.